The van der Waals surface area contributed by atoms with Crippen LogP contribution in [0.25, 0.3) is 11.1 Å². The average molecular weight is 989 g/mol. The number of halogens is 2. The number of ether oxygens (including phenoxy) is 5. The van der Waals surface area contributed by atoms with E-state index < -0.39 is 40.1 Å². The lowest BCUT2D eigenvalue weighted by molar-refractivity contribution is -0.145. The van der Waals surface area contributed by atoms with Crippen molar-refractivity contribution >= 4 is 50.9 Å². The highest BCUT2D eigenvalue weighted by Gasteiger charge is 2.43. The first kappa shape index (κ1) is 47.4. The van der Waals surface area contributed by atoms with Crippen LogP contribution >= 0.6 is 23.2 Å². The molecule has 4 heterocycles. The maximum atomic E-state index is 15.0. The van der Waals surface area contributed by atoms with E-state index in [1.54, 1.807) is 49.4 Å². The van der Waals surface area contributed by atoms with Gasteiger partial charge in [0.1, 0.15) is 41.8 Å². The molecule has 6 aromatic rings. The minimum Gasteiger partial charge on any atom is -0.489 e. The summed E-state index contributed by atoms with van der Waals surface area (Å²) in [5.74, 6) is 0.784. The van der Waals surface area contributed by atoms with Crippen molar-refractivity contribution in [3.05, 3.63) is 164 Å². The summed E-state index contributed by atoms with van der Waals surface area (Å²) in [6, 6.07) is 33.9. The number of aryl methyl sites for hydroxylation is 1. The number of amides is 1. The maximum absolute atomic E-state index is 15.0. The Morgan fingerprint density at radius 2 is 1.57 bits per heavy atom. The van der Waals surface area contributed by atoms with Crippen LogP contribution in [0, 0.1) is 18.3 Å². The van der Waals surface area contributed by atoms with Crippen LogP contribution in [-0.2, 0) is 55.1 Å². The minimum atomic E-state index is -4.40. The number of morpholine rings is 1. The molecule has 1 amide bonds. The number of nitrogens with one attached hydrogen (secondary N) is 1. The number of fused-ring (bicyclic) bond motifs is 2. The molecule has 0 saturated carbocycles. The molecule has 1 unspecified atom stereocenters. The van der Waals surface area contributed by atoms with Gasteiger partial charge in [0.15, 0.2) is 17.6 Å². The highest BCUT2D eigenvalue weighted by Crippen LogP contribution is 2.42. The number of benzene rings is 5. The van der Waals surface area contributed by atoms with E-state index in [9.17, 15) is 23.3 Å². The highest BCUT2D eigenvalue weighted by molar-refractivity contribution is 7.89. The predicted molar refractivity (Wildman–Crippen MR) is 259 cm³/mol. The number of aromatic nitrogens is 1. The Hall–Kier alpha value is -6.67. The fourth-order valence-corrected chi connectivity index (χ4v) is 10.7. The maximum Gasteiger partial charge on any atom is 0.328 e. The molecule has 9 rings (SSSR count). The fourth-order valence-electron chi connectivity index (χ4n) is 8.65. The van der Waals surface area contributed by atoms with E-state index in [0.29, 0.717) is 82.7 Å². The first-order chi connectivity index (χ1) is 33.4. The van der Waals surface area contributed by atoms with E-state index in [2.05, 4.69) is 11.4 Å². The minimum absolute atomic E-state index is 0.0321. The number of nitriles is 1. The molecule has 3 aliphatic rings. The second-order valence-corrected chi connectivity index (χ2v) is 19.6. The monoisotopic (exact) mass is 987 g/mol. The summed E-state index contributed by atoms with van der Waals surface area (Å²) < 4.78 is 60.5. The topological polar surface area (TPSA) is 170 Å². The van der Waals surface area contributed by atoms with Gasteiger partial charge in [-0.2, -0.15) is 9.57 Å². The van der Waals surface area contributed by atoms with Gasteiger partial charge in [-0.05, 0) is 113 Å². The molecule has 0 radical (unpaired) electrons. The van der Waals surface area contributed by atoms with Crippen molar-refractivity contribution in [1.82, 2.24) is 14.6 Å². The number of carbonyl (C=O) groups excluding carboxylic acids is 2. The van der Waals surface area contributed by atoms with E-state index in [1.807, 2.05) is 71.6 Å². The second kappa shape index (κ2) is 20.5. The van der Waals surface area contributed by atoms with Gasteiger partial charge in [-0.3, -0.25) is 4.79 Å². The van der Waals surface area contributed by atoms with Crippen molar-refractivity contribution in [2.75, 3.05) is 44.9 Å². The summed E-state index contributed by atoms with van der Waals surface area (Å²) in [6.45, 7) is 4.24. The third-order valence-electron chi connectivity index (χ3n) is 12.4. The summed E-state index contributed by atoms with van der Waals surface area (Å²) in [5.41, 5.74) is 6.39. The Bertz CT molecular complexity index is 3040. The van der Waals surface area contributed by atoms with Crippen molar-refractivity contribution in [3.8, 4) is 34.4 Å². The molecule has 1 aromatic heterocycles. The molecule has 69 heavy (non-hydrogen) atoms. The second-order valence-electron chi connectivity index (χ2n) is 16.9. The van der Waals surface area contributed by atoms with Gasteiger partial charge in [0.25, 0.3) is 0 Å². The summed E-state index contributed by atoms with van der Waals surface area (Å²) in [7, 11) is -3.17. The molecule has 0 aliphatic carbocycles. The molecule has 0 spiro atoms. The van der Waals surface area contributed by atoms with Gasteiger partial charge in [0.2, 0.25) is 15.9 Å². The zero-order valence-electron chi connectivity index (χ0n) is 37.7. The molecular weight excluding hydrogens is 942 g/mol. The number of hydrogen-bond donors (Lipinski definition) is 1. The van der Waals surface area contributed by atoms with Gasteiger partial charge < -0.3 is 33.9 Å². The molecule has 0 bridgehead atoms. The number of rotatable bonds is 13. The summed E-state index contributed by atoms with van der Waals surface area (Å²) in [6.07, 6.45) is -0.444. The van der Waals surface area contributed by atoms with E-state index >= 15 is 0 Å². The van der Waals surface area contributed by atoms with Crippen LogP contribution in [-0.4, -0.2) is 81.7 Å². The van der Waals surface area contributed by atoms with E-state index in [1.165, 1.54) is 17.5 Å². The molecule has 14 nitrogen and oxygen atoms in total. The molecule has 1 N–H and O–H groups in total. The van der Waals surface area contributed by atoms with Gasteiger partial charge in [-0.25, -0.2) is 18.2 Å². The number of nitrogens with zero attached hydrogens (tertiary/aromatic N) is 4. The van der Waals surface area contributed by atoms with Crippen LogP contribution in [0.3, 0.4) is 0 Å². The number of methoxy groups -OCH3 is 1. The molecule has 3 atom stereocenters. The Labute approximate surface area is 410 Å². The van der Waals surface area contributed by atoms with E-state index in [-0.39, 0.29) is 36.6 Å². The van der Waals surface area contributed by atoms with Crippen LogP contribution in [0.1, 0.15) is 45.2 Å². The molecule has 5 aromatic carbocycles. The quantitative estimate of drug-likeness (QED) is 0.110. The summed E-state index contributed by atoms with van der Waals surface area (Å²) in [4.78, 5) is 34.7. The highest BCUT2D eigenvalue weighted by atomic mass is 35.5. The number of carbonyl (C=O) groups is 2. The first-order valence-corrected chi connectivity index (χ1v) is 24.5. The van der Waals surface area contributed by atoms with Crippen LogP contribution in [0.2, 0.25) is 10.0 Å². The van der Waals surface area contributed by atoms with Crippen molar-refractivity contribution < 1.29 is 41.7 Å². The lowest BCUT2D eigenvalue weighted by Crippen LogP contribution is -2.56. The first-order valence-electron chi connectivity index (χ1n) is 22.3. The third kappa shape index (κ3) is 10.5. The Morgan fingerprint density at radius 1 is 0.870 bits per heavy atom. The van der Waals surface area contributed by atoms with E-state index in [0.717, 1.165) is 27.8 Å². The zero-order valence-corrected chi connectivity index (χ0v) is 40.0. The molecule has 3 aliphatic heterocycles. The van der Waals surface area contributed by atoms with Gasteiger partial charge in [-0.1, -0.05) is 77.8 Å². The molecule has 1 saturated heterocycles. The molecule has 17 heteroatoms. The SMILES string of the molecule is COC(=O)[C@H](Cc1ccc(-c2ccc(C#N)cc2)cc1)NC(=O)C1Cc2cc3c(cc2CN1S(=O)(=O)c1ccc(N2CCOCC2)nc1C)O[C@@H](c1ccc(OCc2ccc(Cl)c(Cl)c2)cc1)CO3. The number of anilines is 1. The Balaban J connectivity index is 0.968. The van der Waals surface area contributed by atoms with Crippen LogP contribution in [0.4, 0.5) is 5.82 Å². The zero-order chi connectivity index (χ0) is 48.2. The number of esters is 1. The van der Waals surface area contributed by atoms with Crippen LogP contribution < -0.4 is 24.4 Å². The summed E-state index contributed by atoms with van der Waals surface area (Å²) >= 11 is 12.2. The Morgan fingerprint density at radius 3 is 2.25 bits per heavy atom. The lowest BCUT2D eigenvalue weighted by Gasteiger charge is -2.37. The van der Waals surface area contributed by atoms with Gasteiger partial charge in [0, 0.05) is 26.1 Å². The average Bonchev–Trinajstić information content (AvgIpc) is 3.37. The number of hydrogen-bond acceptors (Lipinski definition) is 12. The number of sulfonamides is 1. The summed E-state index contributed by atoms with van der Waals surface area (Å²) in [5, 5.41) is 13.0. The Kier molecular flexibility index (Phi) is 14.1. The van der Waals surface area contributed by atoms with Crippen molar-refractivity contribution in [3.63, 3.8) is 0 Å². The fraction of sp³-hybridized carbons (Fsp3) is 0.269. The molecule has 1 fully saturated rings. The van der Waals surface area contributed by atoms with Gasteiger partial charge >= 0.3 is 5.97 Å². The van der Waals surface area contributed by atoms with Gasteiger partial charge in [0.05, 0.1) is 47.7 Å². The van der Waals surface area contributed by atoms with Crippen LogP contribution in [0.5, 0.6) is 17.2 Å². The molecular formula is C52H47Cl2N5O9S. The van der Waals surface area contributed by atoms with Gasteiger partial charge in [-0.15, -0.1) is 0 Å². The standard InChI is InChI=1S/C52H47Cl2N5O9S/c1-32-49(17-18-50(56-32)58-19-21-65-22-20-58)69(62,63)59-29-40-27-47-46(67-31-48(68-47)38-12-14-41(15-13-38)66-30-35-7-16-42(53)43(54)23-35)26-39(40)25-45(59)51(60)57-44(52(61)64-2)24-33-3-8-36(9-4-33)37-10-5-34(28-55)6-11-37/h3-18,23,26-27,44-45,48H,19-22,24-25,29-31H2,1-2H3,(H,57,60)/t44-,45?,48+/m0/s1. The van der Waals surface area contributed by atoms with Crippen molar-refractivity contribution in [2.24, 2.45) is 0 Å². The predicted octanol–water partition coefficient (Wildman–Crippen LogP) is 8.18. The normalized spacial score (nSPS) is 17.2. The van der Waals surface area contributed by atoms with Crippen LogP contribution in [0.15, 0.2) is 120 Å². The number of pyridine rings is 1. The van der Waals surface area contributed by atoms with Crippen molar-refractivity contribution in [1.29, 1.82) is 5.26 Å². The van der Waals surface area contributed by atoms with Crippen molar-refractivity contribution in [2.45, 2.75) is 56.0 Å². The largest absolute Gasteiger partial charge is 0.489 e. The third-order valence-corrected chi connectivity index (χ3v) is 15.2. The molecule has 354 valence electrons. The lowest BCUT2D eigenvalue weighted by atomic mass is 9.93. The van der Waals surface area contributed by atoms with E-state index in [4.69, 9.17) is 51.9 Å². The smallest absolute Gasteiger partial charge is 0.328 e.